The summed E-state index contributed by atoms with van der Waals surface area (Å²) in [5.74, 6) is -2.15. The number of benzene rings is 2. The molecule has 2 aliphatic rings. The number of carbonyl (C=O) groups is 2. The van der Waals surface area contributed by atoms with Crippen molar-refractivity contribution in [2.24, 2.45) is 5.92 Å². The maximum absolute atomic E-state index is 13.0. The molecular formula is C19H16O6. The van der Waals surface area contributed by atoms with E-state index in [9.17, 15) is 30.0 Å². The van der Waals surface area contributed by atoms with Crippen molar-refractivity contribution < 1.29 is 30.0 Å². The number of phenols is 3. The molecule has 128 valence electrons. The summed E-state index contributed by atoms with van der Waals surface area (Å²) >= 11 is 0. The first-order valence-corrected chi connectivity index (χ1v) is 8.02. The van der Waals surface area contributed by atoms with E-state index in [1.807, 2.05) is 6.92 Å². The first-order chi connectivity index (χ1) is 11.8. The van der Waals surface area contributed by atoms with Gasteiger partial charge in [0.2, 0.25) is 0 Å². The van der Waals surface area contributed by atoms with Gasteiger partial charge in [-0.25, -0.2) is 0 Å². The van der Waals surface area contributed by atoms with E-state index in [4.69, 9.17) is 0 Å². The highest BCUT2D eigenvalue weighted by atomic mass is 16.3. The van der Waals surface area contributed by atoms with Crippen LogP contribution < -0.4 is 0 Å². The van der Waals surface area contributed by atoms with Crippen LogP contribution in [-0.2, 0) is 6.42 Å². The van der Waals surface area contributed by atoms with Gasteiger partial charge >= 0.3 is 0 Å². The minimum atomic E-state index is -0.989. The predicted octanol–water partition coefficient (Wildman–Crippen LogP) is 2.19. The molecule has 0 heterocycles. The molecule has 0 radical (unpaired) electrons. The number of carbonyl (C=O) groups excluding carboxylic acids is 2. The Balaban J connectivity index is 2.08. The van der Waals surface area contributed by atoms with Crippen molar-refractivity contribution in [2.45, 2.75) is 25.9 Å². The van der Waals surface area contributed by atoms with Crippen LogP contribution in [0.1, 0.15) is 62.4 Å². The van der Waals surface area contributed by atoms with Crippen LogP contribution in [0.4, 0.5) is 0 Å². The Hall–Kier alpha value is -2.86. The lowest BCUT2D eigenvalue weighted by atomic mass is 9.73. The fraction of sp³-hybridized carbons (Fsp3) is 0.263. The molecule has 4 rings (SSSR count). The van der Waals surface area contributed by atoms with Crippen LogP contribution in [0.2, 0.25) is 0 Å². The smallest absolute Gasteiger partial charge is 0.198 e. The lowest BCUT2D eigenvalue weighted by molar-refractivity contribution is 0.0960. The van der Waals surface area contributed by atoms with Gasteiger partial charge in [0.05, 0.1) is 17.2 Å². The van der Waals surface area contributed by atoms with E-state index in [0.29, 0.717) is 18.4 Å². The number of aliphatic hydroxyl groups excluding tert-OH is 1. The summed E-state index contributed by atoms with van der Waals surface area (Å²) < 4.78 is 0. The second-order valence-corrected chi connectivity index (χ2v) is 6.78. The van der Waals surface area contributed by atoms with Gasteiger partial charge in [0, 0.05) is 16.7 Å². The second kappa shape index (κ2) is 5.07. The van der Waals surface area contributed by atoms with Crippen LogP contribution in [0.15, 0.2) is 18.2 Å². The molecule has 2 unspecified atom stereocenters. The van der Waals surface area contributed by atoms with E-state index in [1.165, 1.54) is 6.07 Å². The lowest BCUT2D eigenvalue weighted by Crippen LogP contribution is -2.27. The van der Waals surface area contributed by atoms with Gasteiger partial charge in [-0.3, -0.25) is 9.59 Å². The van der Waals surface area contributed by atoms with Gasteiger partial charge in [0.15, 0.2) is 11.6 Å². The van der Waals surface area contributed by atoms with Gasteiger partial charge in [-0.2, -0.15) is 0 Å². The minimum Gasteiger partial charge on any atom is -0.508 e. The molecule has 2 aromatic rings. The van der Waals surface area contributed by atoms with Gasteiger partial charge in [0.25, 0.3) is 0 Å². The molecule has 0 amide bonds. The van der Waals surface area contributed by atoms with E-state index >= 15 is 0 Å². The van der Waals surface area contributed by atoms with Gasteiger partial charge in [-0.1, -0.05) is 6.92 Å². The zero-order chi connectivity index (χ0) is 18.0. The molecule has 2 atom stereocenters. The first kappa shape index (κ1) is 15.7. The van der Waals surface area contributed by atoms with Gasteiger partial charge in [-0.15, -0.1) is 0 Å². The Morgan fingerprint density at radius 3 is 2.16 bits per heavy atom. The first-order valence-electron chi connectivity index (χ1n) is 8.02. The third-order valence-corrected chi connectivity index (χ3v) is 5.05. The van der Waals surface area contributed by atoms with E-state index in [2.05, 4.69) is 0 Å². The number of rotatable bonds is 0. The Morgan fingerprint density at radius 2 is 1.52 bits per heavy atom. The fourth-order valence-corrected chi connectivity index (χ4v) is 3.97. The van der Waals surface area contributed by atoms with Crippen LogP contribution in [0.5, 0.6) is 17.2 Å². The van der Waals surface area contributed by atoms with Crippen molar-refractivity contribution >= 4 is 11.6 Å². The molecule has 2 aromatic carbocycles. The molecule has 6 heteroatoms. The second-order valence-electron chi connectivity index (χ2n) is 6.78. The lowest BCUT2D eigenvalue weighted by Gasteiger charge is -2.31. The molecular weight excluding hydrogens is 324 g/mol. The number of hydrogen-bond acceptors (Lipinski definition) is 6. The highest BCUT2D eigenvalue weighted by molar-refractivity contribution is 6.31. The average Bonchev–Trinajstić information content (AvgIpc) is 2.55. The molecule has 4 N–H and O–H groups in total. The Kier molecular flexibility index (Phi) is 3.17. The van der Waals surface area contributed by atoms with Gasteiger partial charge in [-0.05, 0) is 42.5 Å². The number of ketones is 2. The monoisotopic (exact) mass is 340 g/mol. The van der Waals surface area contributed by atoms with Crippen LogP contribution in [0.3, 0.4) is 0 Å². The summed E-state index contributed by atoms with van der Waals surface area (Å²) in [6.45, 7) is 1.93. The molecule has 0 spiro atoms. The van der Waals surface area contributed by atoms with Crippen molar-refractivity contribution in [3.05, 3.63) is 51.6 Å². The van der Waals surface area contributed by atoms with Crippen molar-refractivity contribution in [1.82, 2.24) is 0 Å². The predicted molar refractivity (Wildman–Crippen MR) is 87.2 cm³/mol. The van der Waals surface area contributed by atoms with E-state index in [0.717, 1.165) is 12.1 Å². The summed E-state index contributed by atoms with van der Waals surface area (Å²) in [5, 5.41) is 40.9. The highest BCUT2D eigenvalue weighted by Gasteiger charge is 2.40. The van der Waals surface area contributed by atoms with Crippen molar-refractivity contribution in [3.8, 4) is 17.2 Å². The molecule has 0 saturated heterocycles. The molecule has 2 aliphatic carbocycles. The zero-order valence-electron chi connectivity index (χ0n) is 13.4. The molecule has 0 aliphatic heterocycles. The number of fused-ring (bicyclic) bond motifs is 4. The SMILES string of the molecule is CC1Cc2c(O)cc3c(c2C(O)C1)C(=O)c1c(O)ccc(O)c1C3=O. The summed E-state index contributed by atoms with van der Waals surface area (Å²) in [7, 11) is 0. The van der Waals surface area contributed by atoms with Crippen molar-refractivity contribution in [2.75, 3.05) is 0 Å². The molecule has 6 nitrogen and oxygen atoms in total. The topological polar surface area (TPSA) is 115 Å². The largest absolute Gasteiger partial charge is 0.508 e. The van der Waals surface area contributed by atoms with Crippen molar-refractivity contribution in [1.29, 1.82) is 0 Å². The van der Waals surface area contributed by atoms with Crippen LogP contribution >= 0.6 is 0 Å². The summed E-state index contributed by atoms with van der Waals surface area (Å²) in [6.07, 6.45) is -0.105. The summed E-state index contributed by atoms with van der Waals surface area (Å²) in [4.78, 5) is 25.8. The Labute approximate surface area is 143 Å². The molecule has 0 bridgehead atoms. The number of aromatic hydroxyl groups is 3. The maximum atomic E-state index is 13.0. The van der Waals surface area contributed by atoms with E-state index < -0.39 is 29.2 Å². The molecule has 0 fully saturated rings. The summed E-state index contributed by atoms with van der Waals surface area (Å²) in [5.41, 5.74) is 0.0923. The van der Waals surface area contributed by atoms with Gasteiger partial charge < -0.3 is 20.4 Å². The molecule has 0 saturated carbocycles. The third kappa shape index (κ3) is 2.01. The standard InChI is InChI=1S/C19H16O6/c1-7-4-8-12(22)6-9-15(14(8)13(23)5-7)19(25)17-11(21)3-2-10(20)16(17)18(9)24/h2-3,6-7,13,20-23H,4-5H2,1H3. The third-order valence-electron chi connectivity index (χ3n) is 5.05. The Bertz CT molecular complexity index is 959. The minimum absolute atomic E-state index is 0.00519. The maximum Gasteiger partial charge on any atom is 0.198 e. The zero-order valence-corrected chi connectivity index (χ0v) is 13.4. The quantitative estimate of drug-likeness (QED) is 0.466. The number of phenolic OH excluding ortho intramolecular Hbond substituents is 3. The van der Waals surface area contributed by atoms with Gasteiger partial charge in [0.1, 0.15) is 17.2 Å². The van der Waals surface area contributed by atoms with Crippen LogP contribution in [-0.4, -0.2) is 32.0 Å². The Morgan fingerprint density at radius 1 is 0.920 bits per heavy atom. The average molecular weight is 340 g/mol. The van der Waals surface area contributed by atoms with E-state index in [-0.39, 0.29) is 39.5 Å². The van der Waals surface area contributed by atoms with Crippen molar-refractivity contribution in [3.63, 3.8) is 0 Å². The number of aliphatic hydroxyl groups is 1. The fourth-order valence-electron chi connectivity index (χ4n) is 3.97. The molecule has 25 heavy (non-hydrogen) atoms. The normalized spacial score (nSPS) is 21.5. The van der Waals surface area contributed by atoms with Crippen LogP contribution in [0, 0.1) is 5.92 Å². The van der Waals surface area contributed by atoms with E-state index in [1.54, 1.807) is 0 Å². The highest BCUT2D eigenvalue weighted by Crippen LogP contribution is 2.46. The molecule has 0 aromatic heterocycles. The number of hydrogen-bond donors (Lipinski definition) is 4. The summed E-state index contributed by atoms with van der Waals surface area (Å²) in [6, 6.07) is 3.50. The van der Waals surface area contributed by atoms with Crippen LogP contribution in [0.25, 0.3) is 0 Å².